The smallest absolute Gasteiger partial charge is 0.270 e. The first kappa shape index (κ1) is 17.0. The summed E-state index contributed by atoms with van der Waals surface area (Å²) in [6.07, 6.45) is 5.29. The number of carbonyl (C=O) groups excluding carboxylic acids is 1. The Hall–Kier alpha value is -3.41. The molecule has 0 aliphatic heterocycles. The van der Waals surface area contributed by atoms with Crippen LogP contribution in [0.2, 0.25) is 0 Å². The van der Waals surface area contributed by atoms with Gasteiger partial charge in [0.2, 0.25) is 0 Å². The van der Waals surface area contributed by atoms with Gasteiger partial charge in [-0.1, -0.05) is 30.3 Å². The molecule has 6 nitrogen and oxygen atoms in total. The fourth-order valence-corrected chi connectivity index (χ4v) is 3.29. The molecule has 0 aliphatic rings. The van der Waals surface area contributed by atoms with Crippen molar-refractivity contribution in [1.82, 2.24) is 24.8 Å². The van der Waals surface area contributed by atoms with E-state index in [9.17, 15) is 4.79 Å². The summed E-state index contributed by atoms with van der Waals surface area (Å²) in [5.41, 5.74) is 5.24. The largest absolute Gasteiger partial charge is 0.357 e. The summed E-state index contributed by atoms with van der Waals surface area (Å²) < 4.78 is 0. The zero-order valence-electron chi connectivity index (χ0n) is 15.4. The summed E-state index contributed by atoms with van der Waals surface area (Å²) in [7, 11) is 0. The van der Waals surface area contributed by atoms with E-state index in [-0.39, 0.29) is 7.33 Å². The van der Waals surface area contributed by atoms with Crippen molar-refractivity contribution in [2.75, 3.05) is 6.54 Å². The number of nitrogens with one attached hydrogen (secondary N) is 2. The number of carbonyl (C=O) groups is 1. The number of hydrogen-bond acceptors (Lipinski definition) is 3. The van der Waals surface area contributed by atoms with Crippen LogP contribution >= 0.6 is 0 Å². The van der Waals surface area contributed by atoms with Crippen LogP contribution in [0.4, 0.5) is 0 Å². The lowest BCUT2D eigenvalue weighted by Crippen LogP contribution is -2.30. The van der Waals surface area contributed by atoms with E-state index in [0.29, 0.717) is 18.8 Å². The fourth-order valence-electron chi connectivity index (χ4n) is 3.29. The Morgan fingerprint density at radius 3 is 2.74 bits per heavy atom. The number of hydrogen-bond donors (Lipinski definition) is 2. The van der Waals surface area contributed by atoms with Crippen LogP contribution in [-0.2, 0) is 6.54 Å². The molecule has 0 spiro atoms. The first-order valence-electron chi connectivity index (χ1n) is 8.98. The second-order valence-electron chi connectivity index (χ2n) is 6.52. The number of H-pyrrole nitrogens is 2. The number of aromatic nitrogens is 4. The summed E-state index contributed by atoms with van der Waals surface area (Å²) in [6, 6.07) is 11.9. The van der Waals surface area contributed by atoms with Crippen molar-refractivity contribution in [3.63, 3.8) is 0 Å². The van der Waals surface area contributed by atoms with Crippen molar-refractivity contribution in [1.29, 1.82) is 0 Å². The molecule has 4 rings (SSSR count). The van der Waals surface area contributed by atoms with E-state index in [4.69, 9.17) is 0 Å². The van der Waals surface area contributed by atoms with Crippen LogP contribution in [0.3, 0.4) is 0 Å². The lowest BCUT2D eigenvalue weighted by molar-refractivity contribution is 0.0747. The average Bonchev–Trinajstić information content (AvgIpc) is 3.34. The summed E-state index contributed by atoms with van der Waals surface area (Å²) in [4.78, 5) is 29.8. The van der Waals surface area contributed by atoms with Gasteiger partial charge in [-0.05, 0) is 31.0 Å². The molecule has 27 heavy (non-hydrogen) atoms. The van der Waals surface area contributed by atoms with Gasteiger partial charge in [-0.2, -0.15) is 0 Å². The minimum Gasteiger partial charge on any atom is -0.357 e. The fraction of sp³-hybridized carbons (Fsp3) is 0.190. The molecular weight excluding hydrogens is 338 g/mol. The molecule has 6 heteroatoms. The third-order valence-corrected chi connectivity index (χ3v) is 4.74. The van der Waals surface area contributed by atoms with Crippen LogP contribution in [0.5, 0.6) is 0 Å². The maximum atomic E-state index is 13.0. The van der Waals surface area contributed by atoms with E-state index in [1.165, 1.54) is 6.33 Å². The van der Waals surface area contributed by atoms with E-state index in [2.05, 4.69) is 19.9 Å². The highest BCUT2D eigenvalue weighted by molar-refractivity contribution is 5.97. The minimum atomic E-state index is -0.0244. The molecule has 0 bridgehead atoms. The lowest BCUT2D eigenvalue weighted by atomic mass is 10.1. The van der Waals surface area contributed by atoms with E-state index < -0.39 is 0 Å². The van der Waals surface area contributed by atoms with Gasteiger partial charge < -0.3 is 14.9 Å². The van der Waals surface area contributed by atoms with Crippen LogP contribution in [0.1, 0.15) is 30.0 Å². The van der Waals surface area contributed by atoms with Gasteiger partial charge >= 0.3 is 0 Å². The summed E-state index contributed by atoms with van der Waals surface area (Å²) in [5.74, 6) is -0.0244. The molecule has 3 aromatic heterocycles. The Morgan fingerprint density at radius 1 is 1.15 bits per heavy atom. The third-order valence-electron chi connectivity index (χ3n) is 4.74. The van der Waals surface area contributed by atoms with Crippen LogP contribution in [0.15, 0.2) is 55.1 Å². The Balaban J connectivity index is 0.00000225. The number of benzene rings is 1. The van der Waals surface area contributed by atoms with E-state index in [1.54, 1.807) is 0 Å². The molecule has 0 saturated carbocycles. The SMILES string of the molecule is CCN(Cc1ccccc1)C(=O)c1cc(-c2ncnc3[nH]cc(C)c23)c[nH]1.[HH]. The Bertz CT molecular complexity index is 1090. The molecule has 1 amide bonds. The molecule has 0 saturated heterocycles. The molecule has 0 radical (unpaired) electrons. The average molecular weight is 361 g/mol. The topological polar surface area (TPSA) is 77.7 Å². The van der Waals surface area contributed by atoms with Gasteiger partial charge in [0.05, 0.1) is 5.69 Å². The maximum Gasteiger partial charge on any atom is 0.270 e. The molecule has 4 aromatic rings. The summed E-state index contributed by atoms with van der Waals surface area (Å²) in [5, 5.41) is 0.979. The van der Waals surface area contributed by atoms with Crippen molar-refractivity contribution in [2.24, 2.45) is 0 Å². The second kappa shape index (κ2) is 7.07. The number of amides is 1. The van der Waals surface area contributed by atoms with Crippen molar-refractivity contribution < 1.29 is 6.22 Å². The van der Waals surface area contributed by atoms with Crippen LogP contribution in [0.25, 0.3) is 22.3 Å². The highest BCUT2D eigenvalue weighted by Gasteiger charge is 2.18. The first-order chi connectivity index (χ1) is 13.2. The number of aryl methyl sites for hydroxylation is 1. The van der Waals surface area contributed by atoms with Gasteiger partial charge in [-0.3, -0.25) is 4.79 Å². The molecular formula is C21H23N5O. The van der Waals surface area contributed by atoms with Crippen LogP contribution in [-0.4, -0.2) is 37.3 Å². The van der Waals surface area contributed by atoms with Crippen molar-refractivity contribution in [2.45, 2.75) is 20.4 Å². The molecule has 0 fully saturated rings. The van der Waals surface area contributed by atoms with Crippen LogP contribution < -0.4 is 0 Å². The van der Waals surface area contributed by atoms with Crippen molar-refractivity contribution >= 4 is 16.9 Å². The number of aromatic amines is 2. The third kappa shape index (κ3) is 3.21. The van der Waals surface area contributed by atoms with Gasteiger partial charge in [0.1, 0.15) is 17.7 Å². The van der Waals surface area contributed by atoms with E-state index in [0.717, 1.165) is 33.4 Å². The standard InChI is InChI=1S/C21H21N5O.H2/c1-3-26(12-15-7-5-4-6-8-15)21(27)17-9-16(11-22-17)19-18-14(2)10-23-20(18)25-13-24-19;/h4-11,13,22H,3,12H2,1-2H3,(H,23,24,25);1H. The number of nitrogens with zero attached hydrogens (tertiary/aromatic N) is 3. The number of rotatable bonds is 5. The molecule has 3 heterocycles. The first-order valence-corrected chi connectivity index (χ1v) is 8.98. The van der Waals surface area contributed by atoms with E-state index >= 15 is 0 Å². The molecule has 0 unspecified atom stereocenters. The van der Waals surface area contributed by atoms with Crippen LogP contribution in [0, 0.1) is 6.92 Å². The van der Waals surface area contributed by atoms with Gasteiger partial charge in [-0.25, -0.2) is 9.97 Å². The predicted octanol–water partition coefficient (Wildman–Crippen LogP) is 4.17. The monoisotopic (exact) mass is 361 g/mol. The van der Waals surface area contributed by atoms with Gasteiger partial charge in [-0.15, -0.1) is 0 Å². The Kier molecular flexibility index (Phi) is 4.46. The summed E-state index contributed by atoms with van der Waals surface area (Å²) in [6.45, 7) is 5.22. The number of fused-ring (bicyclic) bond motifs is 1. The highest BCUT2D eigenvalue weighted by atomic mass is 16.2. The molecule has 138 valence electrons. The zero-order chi connectivity index (χ0) is 18.8. The maximum absolute atomic E-state index is 13.0. The Morgan fingerprint density at radius 2 is 1.96 bits per heavy atom. The van der Waals surface area contributed by atoms with Gasteiger partial charge in [0, 0.05) is 37.9 Å². The Labute approximate surface area is 158 Å². The molecule has 0 atom stereocenters. The molecule has 0 aliphatic carbocycles. The lowest BCUT2D eigenvalue weighted by Gasteiger charge is -2.20. The van der Waals surface area contributed by atoms with E-state index in [1.807, 2.05) is 67.5 Å². The van der Waals surface area contributed by atoms with Gasteiger partial charge in [0.25, 0.3) is 5.91 Å². The second-order valence-corrected chi connectivity index (χ2v) is 6.52. The quantitative estimate of drug-likeness (QED) is 0.560. The predicted molar refractivity (Wildman–Crippen MR) is 107 cm³/mol. The summed E-state index contributed by atoms with van der Waals surface area (Å²) >= 11 is 0. The highest BCUT2D eigenvalue weighted by Crippen LogP contribution is 2.28. The molecule has 2 N–H and O–H groups in total. The van der Waals surface area contributed by atoms with Crippen molar-refractivity contribution in [3.05, 3.63) is 71.9 Å². The normalized spacial score (nSPS) is 11.0. The van der Waals surface area contributed by atoms with Gasteiger partial charge in [0.15, 0.2) is 0 Å². The minimum absolute atomic E-state index is 0. The van der Waals surface area contributed by atoms with Crippen molar-refractivity contribution in [3.8, 4) is 11.3 Å². The zero-order valence-corrected chi connectivity index (χ0v) is 15.4. The molecule has 1 aromatic carbocycles.